The number of nitrogens with one attached hydrogen (secondary N) is 2. The summed E-state index contributed by atoms with van der Waals surface area (Å²) in [6, 6.07) is 1.51. The monoisotopic (exact) mass is 358 g/mol. The first-order chi connectivity index (χ1) is 8.09. The second-order valence-electron chi connectivity index (χ2n) is 5.45. The van der Waals surface area contributed by atoms with Crippen molar-refractivity contribution in [3.05, 3.63) is 0 Å². The van der Waals surface area contributed by atoms with Crippen molar-refractivity contribution >= 4 is 22.9 Å². The lowest BCUT2D eigenvalue weighted by Gasteiger charge is -2.35. The highest BCUT2D eigenvalue weighted by Crippen LogP contribution is 2.33. The number of hydrogen-bond donors (Lipinski definition) is 2. The highest BCUT2D eigenvalue weighted by atomic mass is 127. The molecule has 2 rings (SSSR count). The van der Waals surface area contributed by atoms with Gasteiger partial charge < -0.3 is 5.32 Å². The van der Waals surface area contributed by atoms with E-state index in [0.29, 0.717) is 31.0 Å². The first-order valence-electron chi connectivity index (χ1n) is 6.59. The van der Waals surface area contributed by atoms with Crippen LogP contribution in [0.2, 0.25) is 0 Å². The van der Waals surface area contributed by atoms with E-state index in [4.69, 9.17) is 0 Å². The predicted octanol–water partition coefficient (Wildman–Crippen LogP) is 3.40. The Hall–Kier alpha value is 0.510. The van der Waals surface area contributed by atoms with Crippen LogP contribution in [0.25, 0.3) is 0 Å². The fourth-order valence-electron chi connectivity index (χ4n) is 2.91. The van der Waals surface area contributed by atoms with Gasteiger partial charge in [-0.25, -0.2) is 8.78 Å². The van der Waals surface area contributed by atoms with Crippen molar-refractivity contribution in [3.63, 3.8) is 0 Å². The molecule has 2 saturated carbocycles. The second-order valence-corrected chi connectivity index (χ2v) is 6.08. The molecular weight excluding hydrogens is 337 g/mol. The summed E-state index contributed by atoms with van der Waals surface area (Å²) in [4.78, 5) is 0. The summed E-state index contributed by atoms with van der Waals surface area (Å²) in [5, 5.41) is 3.58. The molecule has 2 fully saturated rings. The molecule has 0 aromatic rings. The van der Waals surface area contributed by atoms with Crippen molar-refractivity contribution in [2.75, 3.05) is 0 Å². The van der Waals surface area contributed by atoms with Crippen LogP contribution in [0.1, 0.15) is 51.4 Å². The van der Waals surface area contributed by atoms with Crippen molar-refractivity contribution in [1.82, 2.24) is 8.85 Å². The van der Waals surface area contributed by atoms with Crippen LogP contribution in [0.3, 0.4) is 0 Å². The third-order valence-electron chi connectivity index (χ3n) is 4.07. The Morgan fingerprint density at radius 3 is 1.82 bits per heavy atom. The predicted molar refractivity (Wildman–Crippen MR) is 73.5 cm³/mol. The molecule has 0 bridgehead atoms. The molecule has 0 aliphatic heterocycles. The Morgan fingerprint density at radius 2 is 1.29 bits per heavy atom. The molecule has 17 heavy (non-hydrogen) atoms. The van der Waals surface area contributed by atoms with Gasteiger partial charge in [0.2, 0.25) is 5.92 Å². The quantitative estimate of drug-likeness (QED) is 0.597. The van der Waals surface area contributed by atoms with Gasteiger partial charge in [0.05, 0.1) is 0 Å². The molecule has 100 valence electrons. The van der Waals surface area contributed by atoms with E-state index in [0.717, 1.165) is 0 Å². The summed E-state index contributed by atoms with van der Waals surface area (Å²) >= 11 is 2.22. The molecule has 0 amide bonds. The Balaban J connectivity index is 1.69. The van der Waals surface area contributed by atoms with Gasteiger partial charge in [-0.1, -0.05) is 0 Å². The summed E-state index contributed by atoms with van der Waals surface area (Å²) in [7, 11) is 0. The third kappa shape index (κ3) is 4.28. The molecule has 0 atom stereocenters. The molecule has 5 heteroatoms. The summed E-state index contributed by atoms with van der Waals surface area (Å²) in [6.45, 7) is 0. The van der Waals surface area contributed by atoms with Gasteiger partial charge in [-0.15, -0.1) is 0 Å². The Morgan fingerprint density at radius 1 is 0.824 bits per heavy atom. The van der Waals surface area contributed by atoms with Crippen molar-refractivity contribution in [3.8, 4) is 0 Å². The second kappa shape index (κ2) is 6.10. The van der Waals surface area contributed by atoms with Crippen LogP contribution in [0.4, 0.5) is 8.78 Å². The van der Waals surface area contributed by atoms with E-state index in [1.807, 2.05) is 0 Å². The molecule has 0 heterocycles. The topological polar surface area (TPSA) is 24.1 Å². The third-order valence-corrected chi connectivity index (χ3v) is 4.95. The van der Waals surface area contributed by atoms with Crippen LogP contribution < -0.4 is 8.85 Å². The lowest BCUT2D eigenvalue weighted by Crippen LogP contribution is -2.45. The Labute approximate surface area is 116 Å². The molecule has 2 nitrogen and oxygen atoms in total. The molecule has 2 aliphatic carbocycles. The highest BCUT2D eigenvalue weighted by Gasteiger charge is 2.35. The maximum absolute atomic E-state index is 13.0. The minimum absolute atomic E-state index is 0.0648. The molecule has 0 saturated heterocycles. The van der Waals surface area contributed by atoms with Crippen molar-refractivity contribution < 1.29 is 8.78 Å². The summed E-state index contributed by atoms with van der Waals surface area (Å²) in [5.74, 6) is -2.40. The molecule has 0 radical (unpaired) electrons. The summed E-state index contributed by atoms with van der Waals surface area (Å²) in [6.07, 6.45) is 6.15. The van der Waals surface area contributed by atoms with Gasteiger partial charge in [-0.3, -0.25) is 3.53 Å². The van der Waals surface area contributed by atoms with Gasteiger partial charge >= 0.3 is 0 Å². The summed E-state index contributed by atoms with van der Waals surface area (Å²) in [5.41, 5.74) is 0. The van der Waals surface area contributed by atoms with Gasteiger partial charge in [-0.2, -0.15) is 0 Å². The standard InChI is InChI=1S/C12H21F2IN2/c13-12(14)7-5-10(6-8-12)16-9-1-3-11(17-15)4-2-9/h9-11,16-17H,1-8H2/t9-,11-. The average Bonchev–Trinajstić information content (AvgIpc) is 2.33. The molecular formula is C12H21F2IN2. The largest absolute Gasteiger partial charge is 0.311 e. The van der Waals surface area contributed by atoms with Gasteiger partial charge in [-0.05, 0) is 38.5 Å². The molecule has 0 unspecified atom stereocenters. The number of rotatable bonds is 3. The average molecular weight is 358 g/mol. The molecule has 2 aliphatic rings. The number of alkyl halides is 2. The minimum Gasteiger partial charge on any atom is -0.311 e. The smallest absolute Gasteiger partial charge is 0.248 e. The number of hydrogen-bond acceptors (Lipinski definition) is 2. The first-order valence-corrected chi connectivity index (χ1v) is 7.67. The van der Waals surface area contributed by atoms with Crippen LogP contribution >= 0.6 is 22.9 Å². The minimum atomic E-state index is -2.40. The zero-order chi connectivity index (χ0) is 12.3. The van der Waals surface area contributed by atoms with Crippen LogP contribution in [0.5, 0.6) is 0 Å². The lowest BCUT2D eigenvalue weighted by atomic mass is 9.88. The van der Waals surface area contributed by atoms with E-state index < -0.39 is 5.92 Å². The van der Waals surface area contributed by atoms with Gasteiger partial charge in [0.15, 0.2) is 0 Å². The Bertz CT molecular complexity index is 233. The Kier molecular flexibility index (Phi) is 5.00. The SMILES string of the molecule is FC1(F)CCC(N[C@H]2CC[C@H](NI)CC2)CC1. The molecule has 2 N–H and O–H groups in total. The van der Waals surface area contributed by atoms with E-state index in [1.165, 1.54) is 25.7 Å². The van der Waals surface area contributed by atoms with Crippen LogP contribution in [0, 0.1) is 0 Å². The lowest BCUT2D eigenvalue weighted by molar-refractivity contribution is -0.0415. The molecule has 0 aromatic carbocycles. The van der Waals surface area contributed by atoms with Gasteiger partial charge in [0, 0.05) is 53.8 Å². The van der Waals surface area contributed by atoms with E-state index in [-0.39, 0.29) is 12.8 Å². The molecule has 0 aromatic heterocycles. The van der Waals surface area contributed by atoms with Crippen LogP contribution in [0.15, 0.2) is 0 Å². The molecule has 0 spiro atoms. The maximum atomic E-state index is 13.0. The van der Waals surface area contributed by atoms with E-state index in [2.05, 4.69) is 31.7 Å². The van der Waals surface area contributed by atoms with Crippen LogP contribution in [-0.4, -0.2) is 24.0 Å². The normalized spacial score (nSPS) is 34.8. The fraction of sp³-hybridized carbons (Fsp3) is 1.00. The van der Waals surface area contributed by atoms with Crippen molar-refractivity contribution in [1.29, 1.82) is 0 Å². The van der Waals surface area contributed by atoms with E-state index in [9.17, 15) is 8.78 Å². The van der Waals surface area contributed by atoms with Crippen molar-refractivity contribution in [2.24, 2.45) is 0 Å². The van der Waals surface area contributed by atoms with Crippen molar-refractivity contribution in [2.45, 2.75) is 75.4 Å². The van der Waals surface area contributed by atoms with E-state index in [1.54, 1.807) is 0 Å². The number of halogens is 3. The zero-order valence-electron chi connectivity index (χ0n) is 10.0. The first kappa shape index (κ1) is 13.9. The van der Waals surface area contributed by atoms with E-state index >= 15 is 0 Å². The van der Waals surface area contributed by atoms with Crippen LogP contribution in [-0.2, 0) is 0 Å². The fourth-order valence-corrected chi connectivity index (χ4v) is 3.53. The maximum Gasteiger partial charge on any atom is 0.248 e. The highest BCUT2D eigenvalue weighted by molar-refractivity contribution is 14.1. The zero-order valence-corrected chi connectivity index (χ0v) is 12.2. The summed E-state index contributed by atoms with van der Waals surface area (Å²) < 4.78 is 29.3. The van der Waals surface area contributed by atoms with Gasteiger partial charge in [0.25, 0.3) is 0 Å². The van der Waals surface area contributed by atoms with Gasteiger partial charge in [0.1, 0.15) is 0 Å².